The lowest BCUT2D eigenvalue weighted by molar-refractivity contribution is -0.134. The number of carbonyl (C=O) groups excluding carboxylic acids is 1. The minimum absolute atomic E-state index is 0.140. The van der Waals surface area contributed by atoms with Crippen molar-refractivity contribution in [3.63, 3.8) is 0 Å². The van der Waals surface area contributed by atoms with Gasteiger partial charge in [0, 0.05) is 44.6 Å². The number of furan rings is 1. The molecule has 0 aromatic carbocycles. The van der Waals surface area contributed by atoms with E-state index in [2.05, 4.69) is 18.9 Å². The van der Waals surface area contributed by atoms with Gasteiger partial charge in [-0.3, -0.25) is 14.0 Å². The van der Waals surface area contributed by atoms with Crippen molar-refractivity contribution in [3.05, 3.63) is 34.1 Å². The van der Waals surface area contributed by atoms with Crippen molar-refractivity contribution in [2.75, 3.05) is 13.1 Å². The van der Waals surface area contributed by atoms with Crippen LogP contribution in [0.2, 0.25) is 0 Å². The number of hydrogen-bond acceptors (Lipinski definition) is 4. The quantitative estimate of drug-likeness (QED) is 0.660. The molecule has 4 heterocycles. The third-order valence-electron chi connectivity index (χ3n) is 5.86. The van der Waals surface area contributed by atoms with Gasteiger partial charge in [0.25, 0.3) is 5.56 Å². The summed E-state index contributed by atoms with van der Waals surface area (Å²) in [7, 11) is 0. The van der Waals surface area contributed by atoms with E-state index < -0.39 is 0 Å². The van der Waals surface area contributed by atoms with Gasteiger partial charge in [-0.1, -0.05) is 20.8 Å². The molecule has 0 unspecified atom stereocenters. The highest BCUT2D eigenvalue weighted by Gasteiger charge is 2.25. The van der Waals surface area contributed by atoms with Crippen molar-refractivity contribution in [2.24, 2.45) is 11.8 Å². The van der Waals surface area contributed by atoms with Crippen LogP contribution in [0.5, 0.6) is 0 Å². The molecule has 0 aliphatic carbocycles. The molecule has 1 amide bonds. The Kier molecular flexibility index (Phi) is 5.23. The van der Waals surface area contributed by atoms with Gasteiger partial charge in [-0.05, 0) is 31.6 Å². The zero-order chi connectivity index (χ0) is 20.7. The van der Waals surface area contributed by atoms with Crippen LogP contribution < -0.4 is 5.56 Å². The van der Waals surface area contributed by atoms with Crippen molar-refractivity contribution in [1.82, 2.24) is 19.1 Å². The minimum Gasteiger partial charge on any atom is -0.460 e. The van der Waals surface area contributed by atoms with E-state index in [4.69, 9.17) is 4.42 Å². The van der Waals surface area contributed by atoms with E-state index in [1.807, 2.05) is 29.2 Å². The number of likely N-dealkylation sites (tertiary alicyclic amines) is 1. The first-order chi connectivity index (χ1) is 13.9. The first-order valence-electron chi connectivity index (χ1n) is 10.7. The largest absolute Gasteiger partial charge is 0.460 e. The first-order valence-corrected chi connectivity index (χ1v) is 10.7. The molecule has 1 aliphatic rings. The summed E-state index contributed by atoms with van der Waals surface area (Å²) in [5.74, 6) is 2.93. The fourth-order valence-electron chi connectivity index (χ4n) is 4.70. The summed E-state index contributed by atoms with van der Waals surface area (Å²) in [5, 5.41) is 4.58. The summed E-state index contributed by atoms with van der Waals surface area (Å²) < 4.78 is 9.10. The summed E-state index contributed by atoms with van der Waals surface area (Å²) in [5.41, 5.74) is 2.03. The Morgan fingerprint density at radius 3 is 2.62 bits per heavy atom. The van der Waals surface area contributed by atoms with Gasteiger partial charge in [-0.2, -0.15) is 5.10 Å². The average Bonchev–Trinajstić information content (AvgIpc) is 3.19. The monoisotopic (exact) mass is 398 g/mol. The van der Waals surface area contributed by atoms with E-state index >= 15 is 0 Å². The number of aromatic nitrogens is 3. The van der Waals surface area contributed by atoms with Gasteiger partial charge >= 0.3 is 0 Å². The van der Waals surface area contributed by atoms with Crippen molar-refractivity contribution in [3.8, 4) is 0 Å². The molecule has 0 saturated carbocycles. The molecular formula is C22H30N4O3. The molecular weight excluding hydrogens is 368 g/mol. The van der Waals surface area contributed by atoms with Crippen LogP contribution in [0.15, 0.2) is 21.3 Å². The first kappa shape index (κ1) is 19.7. The average molecular weight is 399 g/mol. The summed E-state index contributed by atoms with van der Waals surface area (Å²) in [6.45, 7) is 10.5. The molecule has 2 atom stereocenters. The van der Waals surface area contributed by atoms with Gasteiger partial charge in [0.1, 0.15) is 17.1 Å². The van der Waals surface area contributed by atoms with Crippen LogP contribution in [0.1, 0.15) is 51.6 Å². The number of aryl methyl sites for hydroxylation is 3. The van der Waals surface area contributed by atoms with E-state index in [9.17, 15) is 9.59 Å². The Hall–Kier alpha value is -2.57. The lowest BCUT2D eigenvalue weighted by atomic mass is 9.91. The zero-order valence-electron chi connectivity index (χ0n) is 17.8. The molecule has 7 nitrogen and oxygen atoms in total. The van der Waals surface area contributed by atoms with Gasteiger partial charge in [0.15, 0.2) is 5.58 Å². The molecule has 1 fully saturated rings. The predicted molar refractivity (Wildman–Crippen MR) is 112 cm³/mol. The van der Waals surface area contributed by atoms with Crippen LogP contribution in [0.25, 0.3) is 16.6 Å². The Balaban J connectivity index is 1.52. The van der Waals surface area contributed by atoms with Crippen molar-refractivity contribution >= 4 is 22.5 Å². The van der Waals surface area contributed by atoms with Crippen molar-refractivity contribution in [1.29, 1.82) is 0 Å². The minimum atomic E-state index is -0.140. The summed E-state index contributed by atoms with van der Waals surface area (Å²) >= 11 is 0. The maximum Gasteiger partial charge on any atom is 0.291 e. The molecule has 0 N–H and O–H groups in total. The third-order valence-corrected chi connectivity index (χ3v) is 5.86. The third kappa shape index (κ3) is 3.70. The second kappa shape index (κ2) is 7.69. The number of fused-ring (bicyclic) bond motifs is 3. The van der Waals surface area contributed by atoms with Crippen LogP contribution in [0, 0.1) is 18.8 Å². The second-order valence-electron chi connectivity index (χ2n) is 8.62. The fraction of sp³-hybridized carbons (Fsp3) is 0.591. The van der Waals surface area contributed by atoms with Crippen LogP contribution in [-0.2, 0) is 17.8 Å². The predicted octanol–water partition coefficient (Wildman–Crippen LogP) is 3.40. The number of rotatable bonds is 5. The maximum absolute atomic E-state index is 13.0. The highest BCUT2D eigenvalue weighted by Crippen LogP contribution is 2.24. The van der Waals surface area contributed by atoms with Crippen LogP contribution in [0.4, 0.5) is 0 Å². The molecule has 7 heteroatoms. The summed E-state index contributed by atoms with van der Waals surface area (Å²) in [4.78, 5) is 27.6. The topological polar surface area (TPSA) is 72.8 Å². The molecule has 0 bridgehead atoms. The van der Waals surface area contributed by atoms with E-state index in [0.717, 1.165) is 30.2 Å². The molecule has 0 radical (unpaired) electrons. The molecule has 0 spiro atoms. The lowest BCUT2D eigenvalue weighted by Gasteiger charge is -2.35. The number of piperidine rings is 1. The molecule has 1 saturated heterocycles. The van der Waals surface area contributed by atoms with Gasteiger partial charge in [0.05, 0.1) is 5.52 Å². The Bertz CT molecular complexity index is 1100. The molecule has 1 aliphatic heterocycles. The van der Waals surface area contributed by atoms with Crippen LogP contribution in [0.3, 0.4) is 0 Å². The maximum atomic E-state index is 13.0. The zero-order valence-corrected chi connectivity index (χ0v) is 17.8. The van der Waals surface area contributed by atoms with Crippen molar-refractivity contribution < 1.29 is 9.21 Å². The number of nitrogens with zero attached hydrogens (tertiary/aromatic N) is 4. The number of hydrogen-bond donors (Lipinski definition) is 0. The smallest absolute Gasteiger partial charge is 0.291 e. The highest BCUT2D eigenvalue weighted by atomic mass is 16.3. The summed E-state index contributed by atoms with van der Waals surface area (Å²) in [6, 6.07) is 3.73. The van der Waals surface area contributed by atoms with Crippen molar-refractivity contribution in [2.45, 2.75) is 59.9 Å². The SMILES string of the molecule is CCc1nn(CCCC(=O)N2C[C@H](C)C[C@H](C)C2)c(=O)c2cc3oc(C)cc3n12. The van der Waals surface area contributed by atoms with Gasteiger partial charge in [-0.25, -0.2) is 4.68 Å². The molecule has 29 heavy (non-hydrogen) atoms. The van der Waals surface area contributed by atoms with E-state index in [1.54, 1.807) is 6.07 Å². The molecule has 3 aromatic rings. The number of carbonyl (C=O) groups is 1. The Morgan fingerprint density at radius 1 is 1.21 bits per heavy atom. The fourth-order valence-corrected chi connectivity index (χ4v) is 4.70. The van der Waals surface area contributed by atoms with E-state index in [-0.39, 0.29) is 11.5 Å². The summed E-state index contributed by atoms with van der Waals surface area (Å²) in [6.07, 6.45) is 2.94. The van der Waals surface area contributed by atoms with E-state index in [1.165, 1.54) is 11.1 Å². The number of amides is 1. The molecule has 3 aromatic heterocycles. The Morgan fingerprint density at radius 2 is 1.93 bits per heavy atom. The normalized spacial score (nSPS) is 20.1. The van der Waals surface area contributed by atoms with Gasteiger partial charge in [0.2, 0.25) is 5.91 Å². The lowest BCUT2D eigenvalue weighted by Crippen LogP contribution is -2.42. The van der Waals surface area contributed by atoms with Gasteiger partial charge in [-0.15, -0.1) is 0 Å². The second-order valence-corrected chi connectivity index (χ2v) is 8.62. The Labute approximate surface area is 170 Å². The standard InChI is InChI=1S/C22H30N4O3/c1-5-20-23-25(8-6-7-21(27)24-12-14(2)9-15(3)13-24)22(28)18-11-19-17(26(18)20)10-16(4)29-19/h10-11,14-15H,5-9,12-13H2,1-4H3/t14-,15+. The van der Waals surface area contributed by atoms with Crippen LogP contribution in [-0.4, -0.2) is 38.1 Å². The molecule has 156 valence electrons. The van der Waals surface area contributed by atoms with Crippen LogP contribution >= 0.6 is 0 Å². The van der Waals surface area contributed by atoms with Gasteiger partial charge < -0.3 is 9.32 Å². The van der Waals surface area contributed by atoms with E-state index in [0.29, 0.717) is 48.7 Å². The molecule has 4 rings (SSSR count). The highest BCUT2D eigenvalue weighted by molar-refractivity contribution is 5.83.